The van der Waals surface area contributed by atoms with Crippen molar-refractivity contribution >= 4 is 17.6 Å². The number of ether oxygens (including phenoxy) is 1. The van der Waals surface area contributed by atoms with Crippen LogP contribution in [0, 0.1) is 0 Å². The first kappa shape index (κ1) is 17.0. The van der Waals surface area contributed by atoms with Crippen molar-refractivity contribution in [3.63, 3.8) is 0 Å². The van der Waals surface area contributed by atoms with Crippen LogP contribution in [0.15, 0.2) is 30.3 Å². The molecule has 2 nitrogen and oxygen atoms in total. The SMILES string of the molecule is CCCCCCCCCC(=O)OC(Cl)c1ccccc1. The van der Waals surface area contributed by atoms with E-state index in [9.17, 15) is 4.79 Å². The van der Waals surface area contributed by atoms with Crippen molar-refractivity contribution < 1.29 is 9.53 Å². The zero-order chi connectivity index (χ0) is 14.6. The van der Waals surface area contributed by atoms with E-state index in [1.165, 1.54) is 32.1 Å². The van der Waals surface area contributed by atoms with E-state index < -0.39 is 5.56 Å². The Hall–Kier alpha value is -1.02. The fourth-order valence-corrected chi connectivity index (χ4v) is 2.32. The molecular weight excluding hydrogens is 272 g/mol. The van der Waals surface area contributed by atoms with Crippen LogP contribution in [-0.4, -0.2) is 5.97 Å². The van der Waals surface area contributed by atoms with Gasteiger partial charge in [0.25, 0.3) is 0 Å². The number of hydrogen-bond acceptors (Lipinski definition) is 2. The van der Waals surface area contributed by atoms with E-state index >= 15 is 0 Å². The molecular formula is C17H25ClO2. The predicted octanol–water partition coefficient (Wildman–Crippen LogP) is 5.61. The minimum Gasteiger partial charge on any atom is -0.441 e. The number of rotatable bonds is 10. The van der Waals surface area contributed by atoms with E-state index in [1.54, 1.807) is 0 Å². The van der Waals surface area contributed by atoms with Crippen LogP contribution in [-0.2, 0) is 9.53 Å². The zero-order valence-electron chi connectivity index (χ0n) is 12.3. The summed E-state index contributed by atoms with van der Waals surface area (Å²) in [7, 11) is 0. The van der Waals surface area contributed by atoms with Crippen LogP contribution in [0.2, 0.25) is 0 Å². The summed E-state index contributed by atoms with van der Waals surface area (Å²) in [6.45, 7) is 2.21. The molecule has 0 N–H and O–H groups in total. The van der Waals surface area contributed by atoms with Crippen LogP contribution in [0.5, 0.6) is 0 Å². The molecule has 112 valence electrons. The van der Waals surface area contributed by atoms with Crippen LogP contribution >= 0.6 is 11.6 Å². The average molecular weight is 297 g/mol. The normalized spacial score (nSPS) is 12.1. The molecule has 1 atom stereocenters. The van der Waals surface area contributed by atoms with Gasteiger partial charge in [-0.2, -0.15) is 0 Å². The summed E-state index contributed by atoms with van der Waals surface area (Å²) in [5, 5.41) is 0. The van der Waals surface area contributed by atoms with E-state index in [-0.39, 0.29) is 5.97 Å². The number of carbonyl (C=O) groups is 1. The highest BCUT2D eigenvalue weighted by Gasteiger charge is 2.12. The molecule has 1 rings (SSSR count). The second kappa shape index (κ2) is 10.7. The topological polar surface area (TPSA) is 26.3 Å². The van der Waals surface area contributed by atoms with Gasteiger partial charge >= 0.3 is 5.97 Å². The number of carbonyl (C=O) groups excluding carboxylic acids is 1. The van der Waals surface area contributed by atoms with Gasteiger partial charge in [-0.05, 0) is 6.42 Å². The first-order valence-corrected chi connectivity index (χ1v) is 8.06. The van der Waals surface area contributed by atoms with Crippen LogP contribution in [0.25, 0.3) is 0 Å². The molecule has 1 unspecified atom stereocenters. The summed E-state index contributed by atoms with van der Waals surface area (Å²) >= 11 is 6.06. The van der Waals surface area contributed by atoms with Gasteiger partial charge in [-0.15, -0.1) is 0 Å². The van der Waals surface area contributed by atoms with E-state index in [0.717, 1.165) is 18.4 Å². The molecule has 20 heavy (non-hydrogen) atoms. The Kier molecular flexibility index (Phi) is 9.14. The van der Waals surface area contributed by atoms with Gasteiger partial charge in [-0.3, -0.25) is 4.79 Å². The van der Waals surface area contributed by atoms with Crippen molar-refractivity contribution in [2.75, 3.05) is 0 Å². The number of unbranched alkanes of at least 4 members (excludes halogenated alkanes) is 6. The van der Waals surface area contributed by atoms with Crippen LogP contribution < -0.4 is 0 Å². The third-order valence-corrected chi connectivity index (χ3v) is 3.62. The number of halogens is 1. The summed E-state index contributed by atoms with van der Waals surface area (Å²) in [5.74, 6) is -0.206. The monoisotopic (exact) mass is 296 g/mol. The lowest BCUT2D eigenvalue weighted by Crippen LogP contribution is -2.06. The van der Waals surface area contributed by atoms with Gasteiger partial charge in [-0.1, -0.05) is 87.4 Å². The van der Waals surface area contributed by atoms with Gasteiger partial charge in [0.1, 0.15) is 0 Å². The maximum absolute atomic E-state index is 11.7. The lowest BCUT2D eigenvalue weighted by atomic mass is 10.1. The van der Waals surface area contributed by atoms with Crippen LogP contribution in [0.1, 0.15) is 69.4 Å². The highest BCUT2D eigenvalue weighted by atomic mass is 35.5. The highest BCUT2D eigenvalue weighted by Crippen LogP contribution is 2.22. The van der Waals surface area contributed by atoms with Gasteiger partial charge in [0.05, 0.1) is 0 Å². The quantitative estimate of drug-likeness (QED) is 0.319. The predicted molar refractivity (Wildman–Crippen MR) is 83.7 cm³/mol. The minimum absolute atomic E-state index is 0.206. The molecule has 3 heteroatoms. The molecule has 0 aromatic heterocycles. The van der Waals surface area contributed by atoms with Crippen molar-refractivity contribution in [1.29, 1.82) is 0 Å². The molecule has 0 aliphatic rings. The maximum atomic E-state index is 11.7. The number of hydrogen-bond donors (Lipinski definition) is 0. The number of alkyl halides is 1. The molecule has 0 radical (unpaired) electrons. The molecule has 0 heterocycles. The minimum atomic E-state index is -0.673. The molecule has 1 aromatic carbocycles. The molecule has 1 aromatic rings. The Bertz CT molecular complexity index is 365. The Balaban J connectivity index is 2.08. The van der Waals surface area contributed by atoms with Crippen molar-refractivity contribution in [3.8, 4) is 0 Å². The summed E-state index contributed by atoms with van der Waals surface area (Å²) in [6, 6.07) is 9.40. The molecule has 0 fully saturated rings. The molecule has 0 aliphatic heterocycles. The summed E-state index contributed by atoms with van der Waals surface area (Å²) in [4.78, 5) is 11.7. The van der Waals surface area contributed by atoms with Gasteiger partial charge in [-0.25, -0.2) is 0 Å². The van der Waals surface area contributed by atoms with Crippen molar-refractivity contribution in [1.82, 2.24) is 0 Å². The molecule has 0 amide bonds. The smallest absolute Gasteiger partial charge is 0.307 e. The van der Waals surface area contributed by atoms with E-state index in [4.69, 9.17) is 16.3 Å². The Morgan fingerprint density at radius 1 is 1.05 bits per heavy atom. The summed E-state index contributed by atoms with van der Waals surface area (Å²) < 4.78 is 5.21. The number of benzene rings is 1. The second-order valence-corrected chi connectivity index (χ2v) is 5.48. The first-order valence-electron chi connectivity index (χ1n) is 7.62. The zero-order valence-corrected chi connectivity index (χ0v) is 13.1. The van der Waals surface area contributed by atoms with E-state index in [1.807, 2.05) is 30.3 Å². The Morgan fingerprint density at radius 3 is 2.30 bits per heavy atom. The first-order chi connectivity index (χ1) is 9.74. The standard InChI is InChI=1S/C17H25ClO2/c1-2-3-4-5-6-7-11-14-16(19)20-17(18)15-12-9-8-10-13-15/h8-10,12-13,17H,2-7,11,14H2,1H3. The second-order valence-electron chi connectivity index (χ2n) is 5.09. The summed E-state index contributed by atoms with van der Waals surface area (Å²) in [6.07, 6.45) is 8.81. The Morgan fingerprint density at radius 2 is 1.65 bits per heavy atom. The van der Waals surface area contributed by atoms with Crippen molar-refractivity contribution in [2.24, 2.45) is 0 Å². The van der Waals surface area contributed by atoms with Gasteiger partial charge in [0.2, 0.25) is 5.56 Å². The molecule has 0 saturated heterocycles. The third kappa shape index (κ3) is 7.54. The van der Waals surface area contributed by atoms with Gasteiger partial charge in [0.15, 0.2) is 0 Å². The fraction of sp³-hybridized carbons (Fsp3) is 0.588. The molecule has 0 spiro atoms. The lowest BCUT2D eigenvalue weighted by molar-refractivity contribution is -0.145. The molecule has 0 aliphatic carbocycles. The van der Waals surface area contributed by atoms with Crippen molar-refractivity contribution in [2.45, 2.75) is 63.9 Å². The lowest BCUT2D eigenvalue weighted by Gasteiger charge is -2.11. The van der Waals surface area contributed by atoms with Gasteiger partial charge < -0.3 is 4.74 Å². The number of esters is 1. The molecule has 0 bridgehead atoms. The average Bonchev–Trinajstić information content (AvgIpc) is 2.47. The van der Waals surface area contributed by atoms with Crippen molar-refractivity contribution in [3.05, 3.63) is 35.9 Å². The Labute approximate surface area is 127 Å². The van der Waals surface area contributed by atoms with E-state index in [0.29, 0.717) is 6.42 Å². The third-order valence-electron chi connectivity index (χ3n) is 3.28. The van der Waals surface area contributed by atoms with Crippen LogP contribution in [0.4, 0.5) is 0 Å². The van der Waals surface area contributed by atoms with E-state index in [2.05, 4.69) is 6.92 Å². The molecule has 0 saturated carbocycles. The summed E-state index contributed by atoms with van der Waals surface area (Å²) in [5.41, 5.74) is 0.148. The fourth-order valence-electron chi connectivity index (χ4n) is 2.07. The van der Waals surface area contributed by atoms with Gasteiger partial charge in [0, 0.05) is 12.0 Å². The van der Waals surface area contributed by atoms with Crippen LogP contribution in [0.3, 0.4) is 0 Å². The maximum Gasteiger partial charge on any atom is 0.307 e. The largest absolute Gasteiger partial charge is 0.441 e. The highest BCUT2D eigenvalue weighted by molar-refractivity contribution is 6.20.